The minimum absolute atomic E-state index is 0.0258. The quantitative estimate of drug-likeness (QED) is 0.617. The fourth-order valence-corrected chi connectivity index (χ4v) is 5.47. The van der Waals surface area contributed by atoms with E-state index < -0.39 is 15.4 Å². The van der Waals surface area contributed by atoms with Crippen molar-refractivity contribution < 1.29 is 13.5 Å². The maximum atomic E-state index is 13.1. The lowest BCUT2D eigenvalue weighted by atomic mass is 10.1. The number of rotatable bonds is 3. The third kappa shape index (κ3) is 3.66. The second-order valence-corrected chi connectivity index (χ2v) is 9.85. The zero-order chi connectivity index (χ0) is 20.8. The first-order valence-electron chi connectivity index (χ1n) is 8.83. The first-order chi connectivity index (χ1) is 13.8. The summed E-state index contributed by atoms with van der Waals surface area (Å²) in [6, 6.07) is 11.2. The van der Waals surface area contributed by atoms with E-state index in [9.17, 15) is 18.3 Å². The van der Waals surface area contributed by atoms with Crippen LogP contribution in [0.2, 0.25) is 10.0 Å². The van der Waals surface area contributed by atoms with Crippen molar-refractivity contribution in [3.8, 4) is 11.6 Å². The molecule has 1 saturated heterocycles. The Morgan fingerprint density at radius 3 is 2.52 bits per heavy atom. The molecule has 1 atom stereocenters. The van der Waals surface area contributed by atoms with Crippen molar-refractivity contribution in [3.63, 3.8) is 0 Å². The van der Waals surface area contributed by atoms with Crippen molar-refractivity contribution in [2.45, 2.75) is 12.5 Å². The van der Waals surface area contributed by atoms with Gasteiger partial charge in [-0.25, -0.2) is 13.0 Å². The molecule has 0 saturated carbocycles. The minimum atomic E-state index is -3.08. The smallest absolute Gasteiger partial charge is 0.265 e. The van der Waals surface area contributed by atoms with Crippen molar-refractivity contribution >= 4 is 50.0 Å². The first-order valence-corrected chi connectivity index (χ1v) is 11.4. The van der Waals surface area contributed by atoms with Gasteiger partial charge in [-0.1, -0.05) is 47.5 Å². The molecule has 0 amide bonds. The van der Waals surface area contributed by atoms with Gasteiger partial charge in [0, 0.05) is 17.0 Å². The molecule has 0 bridgehead atoms. The standard InChI is InChI=1S/C20H16Cl2N2O4S/c21-16-6-3-7-17(18(16)22)24-19(25)14-5-2-1-4-13(14)15(20(24)26)10-23-12-8-9-29(27,28)11-12/h1-7,10,12,26H,8-9,11H2. The highest BCUT2D eigenvalue weighted by molar-refractivity contribution is 7.91. The minimum Gasteiger partial charge on any atom is -0.494 e. The van der Waals surface area contributed by atoms with Crippen molar-refractivity contribution in [1.29, 1.82) is 0 Å². The molecule has 6 nitrogen and oxygen atoms in total. The monoisotopic (exact) mass is 450 g/mol. The van der Waals surface area contributed by atoms with E-state index in [2.05, 4.69) is 4.99 Å². The predicted molar refractivity (Wildman–Crippen MR) is 116 cm³/mol. The average Bonchev–Trinajstić information content (AvgIpc) is 3.04. The summed E-state index contributed by atoms with van der Waals surface area (Å²) in [5, 5.41) is 12.2. The molecule has 1 unspecified atom stereocenters. The summed E-state index contributed by atoms with van der Waals surface area (Å²) in [6.07, 6.45) is 1.86. The molecule has 29 heavy (non-hydrogen) atoms. The number of pyridine rings is 1. The molecule has 2 aromatic carbocycles. The highest BCUT2D eigenvalue weighted by atomic mass is 35.5. The van der Waals surface area contributed by atoms with Crippen LogP contribution in [0.4, 0.5) is 0 Å². The SMILES string of the molecule is O=c1c2ccccc2c(C=NC2CCS(=O)(=O)C2)c(O)n1-c1cccc(Cl)c1Cl. The van der Waals surface area contributed by atoms with E-state index in [1.165, 1.54) is 6.21 Å². The van der Waals surface area contributed by atoms with Crippen LogP contribution in [0.1, 0.15) is 12.0 Å². The lowest BCUT2D eigenvalue weighted by Gasteiger charge is -2.15. The molecule has 1 N–H and O–H groups in total. The molecule has 1 aliphatic heterocycles. The molecule has 1 aliphatic rings. The number of aromatic hydroxyl groups is 1. The number of hydrogen-bond donors (Lipinski definition) is 1. The molecule has 1 fully saturated rings. The van der Waals surface area contributed by atoms with Crippen LogP contribution >= 0.6 is 23.2 Å². The maximum absolute atomic E-state index is 13.1. The number of fused-ring (bicyclic) bond motifs is 1. The molecule has 1 aromatic heterocycles. The van der Waals surface area contributed by atoms with Crippen molar-refractivity contribution in [1.82, 2.24) is 4.57 Å². The number of sulfone groups is 1. The van der Waals surface area contributed by atoms with Crippen LogP contribution in [0, 0.1) is 0 Å². The summed E-state index contributed by atoms with van der Waals surface area (Å²) in [5.74, 6) is -0.274. The van der Waals surface area contributed by atoms with Crippen LogP contribution in [0.3, 0.4) is 0 Å². The third-order valence-electron chi connectivity index (χ3n) is 4.90. The Hall–Kier alpha value is -2.35. The highest BCUT2D eigenvalue weighted by Crippen LogP contribution is 2.32. The summed E-state index contributed by atoms with van der Waals surface area (Å²) in [7, 11) is -3.08. The number of aromatic nitrogens is 1. The molecule has 2 heterocycles. The van der Waals surface area contributed by atoms with Crippen LogP contribution < -0.4 is 5.56 Å². The highest BCUT2D eigenvalue weighted by Gasteiger charge is 2.27. The maximum Gasteiger partial charge on any atom is 0.265 e. The zero-order valence-electron chi connectivity index (χ0n) is 15.0. The Labute approximate surface area is 177 Å². The second kappa shape index (κ2) is 7.48. The van der Waals surface area contributed by atoms with E-state index in [-0.39, 0.29) is 39.2 Å². The summed E-state index contributed by atoms with van der Waals surface area (Å²) < 4.78 is 24.5. The van der Waals surface area contributed by atoms with Gasteiger partial charge in [-0.15, -0.1) is 0 Å². The fourth-order valence-electron chi connectivity index (χ4n) is 3.45. The Kier molecular flexibility index (Phi) is 5.14. The average molecular weight is 451 g/mol. The summed E-state index contributed by atoms with van der Waals surface area (Å²) >= 11 is 12.4. The summed E-state index contributed by atoms with van der Waals surface area (Å²) in [5.41, 5.74) is 0.0916. The lowest BCUT2D eigenvalue weighted by Crippen LogP contribution is -2.20. The molecule has 3 aromatic rings. The predicted octanol–water partition coefficient (Wildman–Crippen LogP) is 3.61. The molecule has 0 aliphatic carbocycles. The van der Waals surface area contributed by atoms with Gasteiger partial charge in [0.15, 0.2) is 9.84 Å². The van der Waals surface area contributed by atoms with Crippen LogP contribution in [0.5, 0.6) is 5.88 Å². The van der Waals surface area contributed by atoms with E-state index in [0.29, 0.717) is 22.8 Å². The van der Waals surface area contributed by atoms with Crippen LogP contribution in [-0.2, 0) is 9.84 Å². The van der Waals surface area contributed by atoms with Crippen molar-refractivity contribution in [2.75, 3.05) is 11.5 Å². The molecule has 0 spiro atoms. The molecule has 0 radical (unpaired) electrons. The van der Waals surface area contributed by atoms with E-state index in [4.69, 9.17) is 23.2 Å². The summed E-state index contributed by atoms with van der Waals surface area (Å²) in [4.78, 5) is 17.5. The van der Waals surface area contributed by atoms with Crippen LogP contribution in [0.15, 0.2) is 52.3 Å². The van der Waals surface area contributed by atoms with Crippen LogP contribution in [0.25, 0.3) is 16.5 Å². The van der Waals surface area contributed by atoms with E-state index in [0.717, 1.165) is 4.57 Å². The van der Waals surface area contributed by atoms with Gasteiger partial charge in [0.2, 0.25) is 5.88 Å². The van der Waals surface area contributed by atoms with Gasteiger partial charge in [-0.05, 0) is 24.6 Å². The molecule has 4 rings (SSSR count). The van der Waals surface area contributed by atoms with Crippen LogP contribution in [-0.4, -0.2) is 41.9 Å². The van der Waals surface area contributed by atoms with Crippen molar-refractivity contribution in [2.24, 2.45) is 4.99 Å². The summed E-state index contributed by atoms with van der Waals surface area (Å²) in [6.45, 7) is 0. The molecular weight excluding hydrogens is 435 g/mol. The zero-order valence-corrected chi connectivity index (χ0v) is 17.4. The van der Waals surface area contributed by atoms with E-state index in [1.54, 1.807) is 42.5 Å². The largest absolute Gasteiger partial charge is 0.494 e. The normalized spacial score (nSPS) is 18.6. The molecular formula is C20H16Cl2N2O4S. The lowest BCUT2D eigenvalue weighted by molar-refractivity contribution is 0.436. The topological polar surface area (TPSA) is 88.7 Å². The van der Waals surface area contributed by atoms with Gasteiger partial charge in [-0.2, -0.15) is 0 Å². The molecule has 150 valence electrons. The van der Waals surface area contributed by atoms with Gasteiger partial charge in [0.05, 0.1) is 38.8 Å². The number of nitrogens with zero attached hydrogens (tertiary/aromatic N) is 2. The third-order valence-corrected chi connectivity index (χ3v) is 7.46. The van der Waals surface area contributed by atoms with E-state index >= 15 is 0 Å². The Bertz CT molecular complexity index is 1320. The van der Waals surface area contributed by atoms with Gasteiger partial charge in [0.1, 0.15) is 0 Å². The number of halogens is 2. The fraction of sp³-hybridized carbons (Fsp3) is 0.200. The number of benzene rings is 2. The van der Waals surface area contributed by atoms with Gasteiger partial charge >= 0.3 is 0 Å². The Balaban J connectivity index is 1.95. The molecule has 9 heteroatoms. The van der Waals surface area contributed by atoms with Crippen molar-refractivity contribution in [3.05, 3.63) is 68.4 Å². The van der Waals surface area contributed by atoms with E-state index in [1.807, 2.05) is 0 Å². The Morgan fingerprint density at radius 2 is 1.83 bits per heavy atom. The van der Waals surface area contributed by atoms with Gasteiger partial charge < -0.3 is 5.11 Å². The first kappa shape index (κ1) is 19.9. The van der Waals surface area contributed by atoms with Gasteiger partial charge in [0.25, 0.3) is 5.56 Å². The number of aliphatic imine (C=N–C) groups is 1. The van der Waals surface area contributed by atoms with Gasteiger partial charge in [-0.3, -0.25) is 9.79 Å². The second-order valence-electron chi connectivity index (χ2n) is 6.83. The Morgan fingerprint density at radius 1 is 1.10 bits per heavy atom. The number of hydrogen-bond acceptors (Lipinski definition) is 5.